The van der Waals surface area contributed by atoms with Gasteiger partial charge in [0.15, 0.2) is 0 Å². The summed E-state index contributed by atoms with van der Waals surface area (Å²) in [6, 6.07) is 1.33. The van der Waals surface area contributed by atoms with Gasteiger partial charge < -0.3 is 9.47 Å². The first kappa shape index (κ1) is 12.2. The Hall–Kier alpha value is -1.89. The molecule has 2 fully saturated rings. The van der Waals surface area contributed by atoms with E-state index in [4.69, 9.17) is 9.47 Å². The van der Waals surface area contributed by atoms with Crippen LogP contribution in [0.2, 0.25) is 0 Å². The lowest BCUT2D eigenvalue weighted by atomic mass is 9.85. The summed E-state index contributed by atoms with van der Waals surface area (Å²) in [6.07, 6.45) is -0.529. The van der Waals surface area contributed by atoms with Crippen LogP contribution in [0.5, 0.6) is 0 Å². The maximum absolute atomic E-state index is 11.9. The molecule has 1 N–H and O–H groups in total. The molecule has 0 spiro atoms. The van der Waals surface area contributed by atoms with Gasteiger partial charge in [-0.3, -0.25) is 19.1 Å². The minimum absolute atomic E-state index is 0.211. The third-order valence-corrected chi connectivity index (χ3v) is 3.92. The van der Waals surface area contributed by atoms with Crippen LogP contribution < -0.4 is 11.2 Å². The number of fused-ring (bicyclic) bond motifs is 1. The van der Waals surface area contributed by atoms with Gasteiger partial charge in [0.1, 0.15) is 18.9 Å². The molecular weight excluding hydrogens is 252 g/mol. The van der Waals surface area contributed by atoms with Gasteiger partial charge in [-0.25, -0.2) is 4.79 Å². The van der Waals surface area contributed by atoms with E-state index >= 15 is 0 Å². The van der Waals surface area contributed by atoms with Crippen LogP contribution in [0.25, 0.3) is 0 Å². The molecule has 0 saturated carbocycles. The molecule has 0 amide bonds. The fraction of sp³-hybridized carbons (Fsp3) is 0.583. The number of ether oxygens (including phenoxy) is 2. The summed E-state index contributed by atoms with van der Waals surface area (Å²) in [4.78, 5) is 37.0. The molecule has 0 bridgehead atoms. The molecule has 102 valence electrons. The number of aromatic amines is 1. The molecule has 2 aliphatic heterocycles. The third kappa shape index (κ3) is 1.65. The summed E-state index contributed by atoms with van der Waals surface area (Å²) in [7, 11) is 0. The highest BCUT2D eigenvalue weighted by Gasteiger charge is 2.57. The standard InChI is InChI=1S/C12H14N2O5/c1-6-3-8(15)13-11(17)14(6)9-4-12(2)7(19-9)5-18-10(12)16/h3,7,9H,4-5H2,1-2H3,(H,13,15,17). The topological polar surface area (TPSA) is 90.4 Å². The lowest BCUT2D eigenvalue weighted by Crippen LogP contribution is -2.34. The molecule has 7 heteroatoms. The van der Waals surface area contributed by atoms with E-state index in [9.17, 15) is 14.4 Å². The van der Waals surface area contributed by atoms with Crippen molar-refractivity contribution in [2.24, 2.45) is 5.41 Å². The van der Waals surface area contributed by atoms with E-state index in [1.807, 2.05) is 0 Å². The Kier molecular flexibility index (Phi) is 2.43. The maximum Gasteiger partial charge on any atom is 0.330 e. The van der Waals surface area contributed by atoms with E-state index in [1.165, 1.54) is 10.6 Å². The monoisotopic (exact) mass is 266 g/mol. The number of nitrogens with zero attached hydrogens (tertiary/aromatic N) is 1. The van der Waals surface area contributed by atoms with Crippen LogP contribution in [0.4, 0.5) is 0 Å². The largest absolute Gasteiger partial charge is 0.462 e. The number of aromatic nitrogens is 2. The van der Waals surface area contributed by atoms with Gasteiger partial charge in [0, 0.05) is 18.2 Å². The summed E-state index contributed by atoms with van der Waals surface area (Å²) >= 11 is 0. The zero-order valence-corrected chi connectivity index (χ0v) is 10.6. The molecule has 3 rings (SSSR count). The van der Waals surface area contributed by atoms with Crippen LogP contribution in [0, 0.1) is 12.3 Å². The lowest BCUT2D eigenvalue weighted by molar-refractivity contribution is -0.145. The third-order valence-electron chi connectivity index (χ3n) is 3.92. The highest BCUT2D eigenvalue weighted by molar-refractivity contribution is 5.79. The first-order chi connectivity index (χ1) is 8.91. The molecule has 1 aromatic heterocycles. The van der Waals surface area contributed by atoms with Crippen molar-refractivity contribution in [1.29, 1.82) is 0 Å². The van der Waals surface area contributed by atoms with Crippen LogP contribution in [0.3, 0.4) is 0 Å². The molecule has 2 saturated heterocycles. The second-order valence-corrected chi connectivity index (χ2v) is 5.25. The average molecular weight is 266 g/mol. The van der Waals surface area contributed by atoms with Gasteiger partial charge in [-0.15, -0.1) is 0 Å². The SMILES string of the molecule is Cc1cc(=O)[nH]c(=O)n1C1CC2(C)C(=O)OCC2O1. The van der Waals surface area contributed by atoms with Gasteiger partial charge in [0.25, 0.3) is 5.56 Å². The van der Waals surface area contributed by atoms with Crippen molar-refractivity contribution in [3.05, 3.63) is 32.6 Å². The summed E-state index contributed by atoms with van der Waals surface area (Å²) in [6.45, 7) is 3.65. The Bertz CT molecular complexity index is 661. The average Bonchev–Trinajstić information content (AvgIpc) is 2.74. The molecule has 0 aliphatic carbocycles. The number of cyclic esters (lactones) is 1. The van der Waals surface area contributed by atoms with E-state index in [-0.39, 0.29) is 18.7 Å². The number of aryl methyl sites for hydroxylation is 1. The molecule has 0 radical (unpaired) electrons. The van der Waals surface area contributed by atoms with Crippen molar-refractivity contribution in [3.8, 4) is 0 Å². The second-order valence-electron chi connectivity index (χ2n) is 5.25. The Morgan fingerprint density at radius 1 is 1.42 bits per heavy atom. The Balaban J connectivity index is 2.01. The van der Waals surface area contributed by atoms with Gasteiger partial charge in [0.05, 0.1) is 5.41 Å². The highest BCUT2D eigenvalue weighted by Crippen LogP contribution is 2.47. The molecule has 19 heavy (non-hydrogen) atoms. The number of hydrogen-bond donors (Lipinski definition) is 1. The molecule has 0 aromatic carbocycles. The number of carbonyl (C=O) groups excluding carboxylic acids is 1. The predicted octanol–water partition coefficient (Wildman–Crippen LogP) is -0.304. The van der Waals surface area contributed by atoms with Crippen LogP contribution in [0.1, 0.15) is 25.3 Å². The number of rotatable bonds is 1. The zero-order chi connectivity index (χ0) is 13.8. The first-order valence-corrected chi connectivity index (χ1v) is 6.07. The summed E-state index contributed by atoms with van der Waals surface area (Å²) in [5.74, 6) is -0.296. The second kappa shape index (κ2) is 3.80. The first-order valence-electron chi connectivity index (χ1n) is 6.07. The van der Waals surface area contributed by atoms with Gasteiger partial charge in [0.2, 0.25) is 0 Å². The van der Waals surface area contributed by atoms with Crippen LogP contribution in [-0.4, -0.2) is 28.2 Å². The van der Waals surface area contributed by atoms with Crippen molar-refractivity contribution in [2.75, 3.05) is 6.61 Å². The number of carbonyl (C=O) groups is 1. The van der Waals surface area contributed by atoms with Gasteiger partial charge in [-0.05, 0) is 13.8 Å². The van der Waals surface area contributed by atoms with Crippen molar-refractivity contribution >= 4 is 5.97 Å². The van der Waals surface area contributed by atoms with Crippen molar-refractivity contribution < 1.29 is 14.3 Å². The molecule has 7 nitrogen and oxygen atoms in total. The Morgan fingerprint density at radius 3 is 2.79 bits per heavy atom. The van der Waals surface area contributed by atoms with Crippen molar-refractivity contribution in [1.82, 2.24) is 9.55 Å². The van der Waals surface area contributed by atoms with Crippen LogP contribution in [-0.2, 0) is 14.3 Å². The number of esters is 1. The fourth-order valence-corrected chi connectivity index (χ4v) is 2.77. The number of hydrogen-bond acceptors (Lipinski definition) is 5. The maximum atomic E-state index is 11.9. The Labute approximate surface area is 108 Å². The van der Waals surface area contributed by atoms with Crippen molar-refractivity contribution in [2.45, 2.75) is 32.6 Å². The molecule has 3 unspecified atom stereocenters. The van der Waals surface area contributed by atoms with Crippen LogP contribution >= 0.6 is 0 Å². The normalized spacial score (nSPS) is 33.3. The summed E-state index contributed by atoms with van der Waals surface area (Å²) in [5, 5.41) is 0. The molecule has 2 aliphatic rings. The van der Waals surface area contributed by atoms with Gasteiger partial charge in [-0.2, -0.15) is 0 Å². The molecular formula is C12H14N2O5. The minimum Gasteiger partial charge on any atom is -0.462 e. The molecule has 3 heterocycles. The van der Waals surface area contributed by atoms with Gasteiger partial charge in [-0.1, -0.05) is 0 Å². The number of nitrogens with one attached hydrogen (secondary N) is 1. The predicted molar refractivity (Wildman–Crippen MR) is 63.7 cm³/mol. The lowest BCUT2D eigenvalue weighted by Gasteiger charge is -2.17. The molecule has 3 atom stereocenters. The van der Waals surface area contributed by atoms with E-state index in [1.54, 1.807) is 13.8 Å². The summed E-state index contributed by atoms with van der Waals surface area (Å²) < 4.78 is 12.1. The quantitative estimate of drug-likeness (QED) is 0.704. The molecule has 1 aromatic rings. The van der Waals surface area contributed by atoms with E-state index < -0.39 is 22.9 Å². The highest BCUT2D eigenvalue weighted by atomic mass is 16.6. The minimum atomic E-state index is -0.716. The fourth-order valence-electron chi connectivity index (χ4n) is 2.77. The van der Waals surface area contributed by atoms with Gasteiger partial charge >= 0.3 is 11.7 Å². The zero-order valence-electron chi connectivity index (χ0n) is 10.6. The van der Waals surface area contributed by atoms with Crippen molar-refractivity contribution in [3.63, 3.8) is 0 Å². The van der Waals surface area contributed by atoms with E-state index in [0.717, 1.165) is 0 Å². The van der Waals surface area contributed by atoms with E-state index in [0.29, 0.717) is 12.1 Å². The Morgan fingerprint density at radius 2 is 2.16 bits per heavy atom. The number of H-pyrrole nitrogens is 1. The smallest absolute Gasteiger partial charge is 0.330 e. The van der Waals surface area contributed by atoms with Crippen LogP contribution in [0.15, 0.2) is 15.7 Å². The van der Waals surface area contributed by atoms with E-state index in [2.05, 4.69) is 4.98 Å². The summed E-state index contributed by atoms with van der Waals surface area (Å²) in [5.41, 5.74) is -1.17.